The molecule has 0 heterocycles. The molecule has 1 aromatic carbocycles. The zero-order valence-electron chi connectivity index (χ0n) is 15.8. The first-order valence-corrected chi connectivity index (χ1v) is 9.10. The molecule has 25 heavy (non-hydrogen) atoms. The molecule has 1 N–H and O–H groups in total. The quantitative estimate of drug-likeness (QED) is 0.767. The van der Waals surface area contributed by atoms with Gasteiger partial charge in [-0.25, -0.2) is 0 Å². The largest absolute Gasteiger partial charge is 0.497 e. The first-order valence-electron chi connectivity index (χ1n) is 9.10. The highest BCUT2D eigenvalue weighted by Crippen LogP contribution is 2.43. The third-order valence-electron chi connectivity index (χ3n) is 4.96. The van der Waals surface area contributed by atoms with Crippen LogP contribution in [0, 0.1) is 5.92 Å². The SMILES string of the molecule is CCCC(=O)O[C@H]1CC[C@H](CN(C)C)[C@@](O)(c2cccc(OC)c2)C1. The fourth-order valence-electron chi connectivity index (χ4n) is 3.72. The van der Waals surface area contributed by atoms with Crippen molar-refractivity contribution in [1.82, 2.24) is 4.90 Å². The number of benzene rings is 1. The predicted molar refractivity (Wildman–Crippen MR) is 97.6 cm³/mol. The predicted octanol–water partition coefficient (Wildman–Crippen LogP) is 2.96. The van der Waals surface area contributed by atoms with Gasteiger partial charge < -0.3 is 19.5 Å². The van der Waals surface area contributed by atoms with E-state index in [1.54, 1.807) is 7.11 Å². The van der Waals surface area contributed by atoms with Crippen LogP contribution in [0.15, 0.2) is 24.3 Å². The summed E-state index contributed by atoms with van der Waals surface area (Å²) in [6.45, 7) is 2.74. The first kappa shape index (κ1) is 19.7. The number of aliphatic hydroxyl groups is 1. The van der Waals surface area contributed by atoms with Crippen LogP contribution in [-0.4, -0.2) is 49.8 Å². The number of nitrogens with zero attached hydrogens (tertiary/aromatic N) is 1. The minimum Gasteiger partial charge on any atom is -0.497 e. The van der Waals surface area contributed by atoms with Crippen LogP contribution in [0.5, 0.6) is 5.75 Å². The monoisotopic (exact) mass is 349 g/mol. The van der Waals surface area contributed by atoms with Gasteiger partial charge >= 0.3 is 5.97 Å². The Balaban J connectivity index is 2.26. The standard InChI is InChI=1S/C20H31NO4/c1-5-7-19(22)25-18-11-10-16(14-21(2)3)20(23,13-18)15-8-6-9-17(12-15)24-4/h6,8-9,12,16,18,23H,5,7,10-11,13-14H2,1-4H3/t16-,18+,20+/m1/s1. The molecule has 0 spiro atoms. The van der Waals surface area contributed by atoms with Crippen LogP contribution in [0.2, 0.25) is 0 Å². The Morgan fingerprint density at radius 3 is 2.76 bits per heavy atom. The van der Waals surface area contributed by atoms with Crippen molar-refractivity contribution in [2.45, 2.75) is 50.7 Å². The number of hydrogen-bond donors (Lipinski definition) is 1. The molecule has 2 rings (SSSR count). The number of hydrogen-bond acceptors (Lipinski definition) is 5. The molecule has 0 aliphatic heterocycles. The second-order valence-electron chi connectivity index (χ2n) is 7.26. The van der Waals surface area contributed by atoms with E-state index in [4.69, 9.17) is 9.47 Å². The van der Waals surface area contributed by atoms with Gasteiger partial charge in [0, 0.05) is 25.3 Å². The van der Waals surface area contributed by atoms with Gasteiger partial charge in [-0.15, -0.1) is 0 Å². The Hall–Kier alpha value is -1.59. The molecule has 5 heteroatoms. The second-order valence-corrected chi connectivity index (χ2v) is 7.26. The summed E-state index contributed by atoms with van der Waals surface area (Å²) in [6.07, 6.45) is 2.99. The maximum atomic E-state index is 11.9. The van der Waals surface area contributed by atoms with Gasteiger partial charge in [-0.1, -0.05) is 19.1 Å². The van der Waals surface area contributed by atoms with E-state index < -0.39 is 5.60 Å². The molecule has 0 amide bonds. The highest BCUT2D eigenvalue weighted by molar-refractivity contribution is 5.69. The Bertz CT molecular complexity index is 575. The minimum atomic E-state index is -1.03. The first-order chi connectivity index (χ1) is 11.9. The van der Waals surface area contributed by atoms with Crippen molar-refractivity contribution in [2.75, 3.05) is 27.7 Å². The lowest BCUT2D eigenvalue weighted by Crippen LogP contribution is -2.47. The van der Waals surface area contributed by atoms with E-state index in [9.17, 15) is 9.90 Å². The van der Waals surface area contributed by atoms with E-state index in [0.717, 1.165) is 37.1 Å². The summed E-state index contributed by atoms with van der Waals surface area (Å²) in [4.78, 5) is 14.0. The summed E-state index contributed by atoms with van der Waals surface area (Å²) >= 11 is 0. The van der Waals surface area contributed by atoms with Crippen molar-refractivity contribution in [3.63, 3.8) is 0 Å². The number of carbonyl (C=O) groups excluding carboxylic acids is 1. The van der Waals surface area contributed by atoms with Crippen LogP contribution >= 0.6 is 0 Å². The van der Waals surface area contributed by atoms with Crippen molar-refractivity contribution >= 4 is 5.97 Å². The molecule has 0 aromatic heterocycles. The van der Waals surface area contributed by atoms with Gasteiger partial charge in [0.1, 0.15) is 11.9 Å². The Kier molecular flexibility index (Phi) is 6.85. The third kappa shape index (κ3) is 4.95. The molecular formula is C20H31NO4. The zero-order valence-corrected chi connectivity index (χ0v) is 15.8. The molecule has 0 unspecified atom stereocenters. The van der Waals surface area contributed by atoms with Gasteiger partial charge in [-0.05, 0) is 51.1 Å². The fraction of sp³-hybridized carbons (Fsp3) is 0.650. The number of esters is 1. The van der Waals surface area contributed by atoms with Crippen molar-refractivity contribution in [3.8, 4) is 5.75 Å². The van der Waals surface area contributed by atoms with Crippen molar-refractivity contribution in [2.24, 2.45) is 5.92 Å². The summed E-state index contributed by atoms with van der Waals surface area (Å²) in [7, 11) is 5.65. The van der Waals surface area contributed by atoms with E-state index in [0.29, 0.717) is 12.8 Å². The number of methoxy groups -OCH3 is 1. The Labute approximate surface area is 150 Å². The van der Waals surface area contributed by atoms with E-state index in [1.807, 2.05) is 45.3 Å². The average Bonchev–Trinajstić information content (AvgIpc) is 2.57. The zero-order chi connectivity index (χ0) is 18.4. The van der Waals surface area contributed by atoms with Crippen LogP contribution in [0.3, 0.4) is 0 Å². The van der Waals surface area contributed by atoms with Gasteiger partial charge in [0.05, 0.1) is 12.7 Å². The van der Waals surface area contributed by atoms with Crippen LogP contribution in [0.25, 0.3) is 0 Å². The Morgan fingerprint density at radius 1 is 1.36 bits per heavy atom. The van der Waals surface area contributed by atoms with Gasteiger partial charge in [0.25, 0.3) is 0 Å². The molecule has 140 valence electrons. The second kappa shape index (κ2) is 8.68. The van der Waals surface area contributed by atoms with Crippen molar-refractivity contribution in [1.29, 1.82) is 0 Å². The molecule has 1 fully saturated rings. The molecule has 5 nitrogen and oxygen atoms in total. The molecule has 0 bridgehead atoms. The molecule has 0 saturated heterocycles. The van der Waals surface area contributed by atoms with Gasteiger partial charge in [0.15, 0.2) is 0 Å². The smallest absolute Gasteiger partial charge is 0.306 e. The summed E-state index contributed by atoms with van der Waals surface area (Å²) in [5.41, 5.74) is -0.205. The third-order valence-corrected chi connectivity index (χ3v) is 4.96. The lowest BCUT2D eigenvalue weighted by atomic mass is 9.70. The number of rotatable bonds is 7. The topological polar surface area (TPSA) is 59.0 Å². The van der Waals surface area contributed by atoms with Gasteiger partial charge in [-0.3, -0.25) is 4.79 Å². The maximum Gasteiger partial charge on any atom is 0.306 e. The minimum absolute atomic E-state index is 0.0794. The highest BCUT2D eigenvalue weighted by Gasteiger charge is 2.45. The van der Waals surface area contributed by atoms with Crippen LogP contribution in [0.4, 0.5) is 0 Å². The van der Waals surface area contributed by atoms with Crippen LogP contribution in [0.1, 0.15) is 44.6 Å². The number of ether oxygens (including phenoxy) is 2. The summed E-state index contributed by atoms with van der Waals surface area (Å²) in [5, 5.41) is 11.6. The molecular weight excluding hydrogens is 318 g/mol. The molecule has 1 aromatic rings. The summed E-state index contributed by atoms with van der Waals surface area (Å²) in [5.74, 6) is 0.627. The average molecular weight is 349 g/mol. The van der Waals surface area contributed by atoms with E-state index in [-0.39, 0.29) is 18.0 Å². The van der Waals surface area contributed by atoms with Gasteiger partial charge in [-0.2, -0.15) is 0 Å². The maximum absolute atomic E-state index is 11.9. The molecule has 3 atom stereocenters. The molecule has 1 saturated carbocycles. The lowest BCUT2D eigenvalue weighted by molar-refractivity contribution is -0.161. The van der Waals surface area contributed by atoms with E-state index in [2.05, 4.69) is 4.90 Å². The number of carbonyl (C=O) groups is 1. The summed E-state index contributed by atoms with van der Waals surface area (Å²) in [6, 6.07) is 7.58. The molecule has 0 radical (unpaired) electrons. The highest BCUT2D eigenvalue weighted by atomic mass is 16.5. The van der Waals surface area contributed by atoms with Crippen LogP contribution < -0.4 is 4.74 Å². The molecule has 1 aliphatic rings. The van der Waals surface area contributed by atoms with E-state index >= 15 is 0 Å². The van der Waals surface area contributed by atoms with Crippen molar-refractivity contribution in [3.05, 3.63) is 29.8 Å². The summed E-state index contributed by atoms with van der Waals surface area (Å²) < 4.78 is 10.9. The normalized spacial score (nSPS) is 26.5. The Morgan fingerprint density at radius 2 is 2.12 bits per heavy atom. The fourth-order valence-corrected chi connectivity index (χ4v) is 3.72. The lowest BCUT2D eigenvalue weighted by Gasteiger charge is -2.44. The van der Waals surface area contributed by atoms with Crippen molar-refractivity contribution < 1.29 is 19.4 Å². The van der Waals surface area contributed by atoms with Gasteiger partial charge in [0.2, 0.25) is 0 Å². The van der Waals surface area contributed by atoms with E-state index in [1.165, 1.54) is 0 Å². The van der Waals surface area contributed by atoms with Crippen LogP contribution in [-0.2, 0) is 15.1 Å². The molecule has 1 aliphatic carbocycles.